The highest BCUT2D eigenvalue weighted by Gasteiger charge is 2.43. The zero-order valence-electron chi connectivity index (χ0n) is 24.7. The van der Waals surface area contributed by atoms with Crippen LogP contribution in [-0.2, 0) is 29.8 Å². The van der Waals surface area contributed by atoms with Crippen LogP contribution in [0.15, 0.2) is 45.8 Å². The number of rotatable bonds is 8. The summed E-state index contributed by atoms with van der Waals surface area (Å²) in [6, 6.07) is 0.322. The third-order valence-corrected chi connectivity index (χ3v) is 6.74. The van der Waals surface area contributed by atoms with Gasteiger partial charge in [-0.05, 0) is 67.8 Å². The van der Waals surface area contributed by atoms with Crippen LogP contribution in [0.4, 0.5) is 50.0 Å². The number of hydrogen-bond donors (Lipinski definition) is 2. The molecule has 0 radical (unpaired) electrons. The number of nitrogens with zero attached hydrogens (tertiary/aromatic N) is 6. The van der Waals surface area contributed by atoms with Crippen LogP contribution >= 0.6 is 0 Å². The van der Waals surface area contributed by atoms with E-state index in [9.17, 15) is 44.3 Å². The summed E-state index contributed by atoms with van der Waals surface area (Å²) in [4.78, 5) is 19.0. The average molecular weight is 671 g/mol. The molecule has 0 aliphatic carbocycles. The third-order valence-electron chi connectivity index (χ3n) is 6.74. The van der Waals surface area contributed by atoms with Gasteiger partial charge in [-0.15, -0.1) is 0 Å². The van der Waals surface area contributed by atoms with E-state index in [0.29, 0.717) is 18.2 Å². The maximum Gasteiger partial charge on any atom is 0.433 e. The monoisotopic (exact) mass is 670 g/mol. The van der Waals surface area contributed by atoms with E-state index >= 15 is 0 Å². The van der Waals surface area contributed by atoms with Crippen molar-refractivity contribution in [3.05, 3.63) is 58.4 Å². The summed E-state index contributed by atoms with van der Waals surface area (Å²) in [5.41, 5.74) is 5.79. The fourth-order valence-electron chi connectivity index (χ4n) is 4.77. The minimum Gasteiger partial charge on any atom is -0.446 e. The first-order valence-corrected chi connectivity index (χ1v) is 13.8. The van der Waals surface area contributed by atoms with E-state index in [2.05, 4.69) is 20.4 Å². The van der Waals surface area contributed by atoms with Gasteiger partial charge in [-0.3, -0.25) is 4.90 Å². The third kappa shape index (κ3) is 8.76. The summed E-state index contributed by atoms with van der Waals surface area (Å²) in [7, 11) is 0. The van der Waals surface area contributed by atoms with Gasteiger partial charge in [-0.1, -0.05) is 12.0 Å². The van der Waals surface area contributed by atoms with Crippen LogP contribution in [0.2, 0.25) is 0 Å². The Morgan fingerprint density at radius 3 is 2.15 bits per heavy atom. The average Bonchev–Trinajstić information content (AvgIpc) is 2.95. The highest BCUT2D eigenvalue weighted by atomic mass is 19.4. The number of nitrogens with two attached hydrogens (primary N) is 2. The SMILES string of the molecule is CC[C@H]1C[C@@H](N(Cc2cc(C(F)(F)F)cc(C(F)(F)F)c2)C(N)=NN=NCCN)c2nc(C(F)(F)F)ccc2N1C(=O)OC(C)C. The predicted octanol–water partition coefficient (Wildman–Crippen LogP) is 6.86. The summed E-state index contributed by atoms with van der Waals surface area (Å²) < 4.78 is 129. The summed E-state index contributed by atoms with van der Waals surface area (Å²) in [6.45, 7) is 3.98. The number of guanidine groups is 1. The molecule has 0 saturated carbocycles. The minimum atomic E-state index is -5.18. The predicted molar refractivity (Wildman–Crippen MR) is 147 cm³/mol. The molecule has 1 aromatic carbocycles. The number of halogens is 9. The van der Waals surface area contributed by atoms with Gasteiger partial charge in [0.05, 0.1) is 41.2 Å². The molecule has 0 bridgehead atoms. The largest absolute Gasteiger partial charge is 0.446 e. The number of benzene rings is 1. The van der Waals surface area contributed by atoms with E-state index in [0.717, 1.165) is 15.9 Å². The second-order valence-electron chi connectivity index (χ2n) is 10.5. The van der Waals surface area contributed by atoms with Crippen LogP contribution in [0.3, 0.4) is 0 Å². The molecule has 19 heteroatoms. The van der Waals surface area contributed by atoms with Gasteiger partial charge in [0.15, 0.2) is 0 Å². The maximum atomic E-state index is 13.8. The molecule has 0 unspecified atom stereocenters. The number of carbonyl (C=O) groups excluding carboxylic acids is 1. The van der Waals surface area contributed by atoms with Crippen molar-refractivity contribution in [3.63, 3.8) is 0 Å². The first kappa shape index (κ1) is 36.3. The lowest BCUT2D eigenvalue weighted by Gasteiger charge is -2.43. The Morgan fingerprint density at radius 2 is 1.65 bits per heavy atom. The number of amides is 1. The van der Waals surface area contributed by atoms with Crippen molar-refractivity contribution >= 4 is 17.7 Å². The van der Waals surface area contributed by atoms with Crippen molar-refractivity contribution < 1.29 is 49.0 Å². The summed E-state index contributed by atoms with van der Waals surface area (Å²) in [5.74, 6) is -0.616. The van der Waals surface area contributed by atoms with Gasteiger partial charge in [-0.25, -0.2) is 9.78 Å². The van der Waals surface area contributed by atoms with Crippen LogP contribution in [0.1, 0.15) is 67.7 Å². The molecule has 1 aliphatic heterocycles. The van der Waals surface area contributed by atoms with Gasteiger partial charge < -0.3 is 21.1 Å². The van der Waals surface area contributed by atoms with Crippen molar-refractivity contribution in [1.82, 2.24) is 9.88 Å². The fraction of sp³-hybridized carbons (Fsp3) is 0.519. The van der Waals surface area contributed by atoms with Crippen LogP contribution in [0.25, 0.3) is 0 Å². The molecule has 1 aliphatic rings. The standard InChI is InChI=1S/C27H31F9N8O2/c1-4-18-12-20(22-19(44(18)24(45)46-14(2)3)5-6-21(40-22)27(34,35)36)43(23(38)41-42-39-8-7-37)13-15-9-16(25(28,29)30)11-17(10-15)26(31,32)33/h5-6,9-11,14,18,20H,4,7-8,12-13,37H2,1-3H3,(H2,38,39,41)/t18-,20+/m0/s1. The number of pyridine rings is 1. The Balaban J connectivity index is 2.30. The number of hydrogen-bond acceptors (Lipinski definition) is 6. The number of anilines is 1. The molecule has 0 saturated heterocycles. The zero-order valence-corrected chi connectivity index (χ0v) is 24.7. The second kappa shape index (κ2) is 14.1. The molecule has 0 fully saturated rings. The summed E-state index contributed by atoms with van der Waals surface area (Å²) in [5, 5.41) is 10.8. The molecule has 1 aromatic heterocycles. The second-order valence-corrected chi connectivity index (χ2v) is 10.5. The van der Waals surface area contributed by atoms with Crippen molar-refractivity contribution in [2.24, 2.45) is 26.9 Å². The molecule has 1 amide bonds. The van der Waals surface area contributed by atoms with Crippen molar-refractivity contribution in [2.45, 2.75) is 76.9 Å². The van der Waals surface area contributed by atoms with Crippen LogP contribution in [-0.4, -0.2) is 47.2 Å². The topological polar surface area (TPSA) is 135 Å². The van der Waals surface area contributed by atoms with Crippen molar-refractivity contribution in [2.75, 3.05) is 18.0 Å². The molecule has 2 atom stereocenters. The lowest BCUT2D eigenvalue weighted by molar-refractivity contribution is -0.143. The molecule has 0 spiro atoms. The zero-order chi connectivity index (χ0) is 34.6. The van der Waals surface area contributed by atoms with E-state index < -0.39 is 83.4 Å². The summed E-state index contributed by atoms with van der Waals surface area (Å²) in [6.07, 6.45) is -16.9. The first-order valence-electron chi connectivity index (χ1n) is 13.8. The van der Waals surface area contributed by atoms with E-state index in [1.807, 2.05) is 0 Å². The molecule has 2 aromatic rings. The van der Waals surface area contributed by atoms with Crippen molar-refractivity contribution in [3.8, 4) is 0 Å². The van der Waals surface area contributed by atoms with Crippen molar-refractivity contribution in [1.29, 1.82) is 0 Å². The Kier molecular flexibility index (Phi) is 11.1. The highest BCUT2D eigenvalue weighted by molar-refractivity contribution is 5.90. The number of aromatic nitrogens is 1. The van der Waals surface area contributed by atoms with Crippen LogP contribution in [0.5, 0.6) is 0 Å². The quantitative estimate of drug-likeness (QED) is 0.104. The van der Waals surface area contributed by atoms with Gasteiger partial charge >= 0.3 is 24.6 Å². The fourth-order valence-corrected chi connectivity index (χ4v) is 4.77. The maximum absolute atomic E-state index is 13.8. The van der Waals surface area contributed by atoms with Gasteiger partial charge in [0.25, 0.3) is 0 Å². The number of fused-ring (bicyclic) bond motifs is 1. The Morgan fingerprint density at radius 1 is 1.04 bits per heavy atom. The molecule has 4 N–H and O–H groups in total. The molecule has 46 heavy (non-hydrogen) atoms. The molecule has 254 valence electrons. The van der Waals surface area contributed by atoms with Gasteiger partial charge in [0, 0.05) is 19.1 Å². The molecular weight excluding hydrogens is 639 g/mol. The van der Waals surface area contributed by atoms with Crippen LogP contribution < -0.4 is 16.4 Å². The van der Waals surface area contributed by atoms with Gasteiger partial charge in [-0.2, -0.15) is 44.6 Å². The smallest absolute Gasteiger partial charge is 0.433 e. The Bertz CT molecular complexity index is 1410. The summed E-state index contributed by atoms with van der Waals surface area (Å²) >= 11 is 0. The minimum absolute atomic E-state index is 0.0209. The number of carbonyl (C=O) groups is 1. The highest BCUT2D eigenvalue weighted by Crippen LogP contribution is 2.44. The number of ether oxygens (including phenoxy) is 1. The Hall–Kier alpha value is -4.16. The normalized spacial score (nSPS) is 17.9. The van der Waals surface area contributed by atoms with Gasteiger partial charge in [0.2, 0.25) is 5.96 Å². The molecule has 3 rings (SSSR count). The molecule has 10 nitrogen and oxygen atoms in total. The van der Waals surface area contributed by atoms with E-state index in [1.165, 1.54) is 0 Å². The number of alkyl halides is 9. The van der Waals surface area contributed by atoms with Crippen LogP contribution in [0, 0.1) is 0 Å². The lowest BCUT2D eigenvalue weighted by atomic mass is 9.91. The Labute approximate surface area is 257 Å². The van der Waals surface area contributed by atoms with Gasteiger partial charge in [0.1, 0.15) is 5.69 Å². The van der Waals surface area contributed by atoms with E-state index in [1.54, 1.807) is 20.8 Å². The molecular formula is C27H31F9N8O2. The molecule has 2 heterocycles. The first-order chi connectivity index (χ1) is 21.3. The lowest BCUT2D eigenvalue weighted by Crippen LogP contribution is -2.50. The van der Waals surface area contributed by atoms with E-state index in [-0.39, 0.29) is 37.7 Å². The van der Waals surface area contributed by atoms with E-state index in [4.69, 9.17) is 16.2 Å².